The largest absolute Gasteiger partial charge is 0.493 e. The fourth-order valence-electron chi connectivity index (χ4n) is 3.12. The summed E-state index contributed by atoms with van der Waals surface area (Å²) < 4.78 is 12.1. The topological polar surface area (TPSA) is 55.8 Å². The van der Waals surface area contributed by atoms with Gasteiger partial charge in [0.1, 0.15) is 6.61 Å². The van der Waals surface area contributed by atoms with Crippen molar-refractivity contribution in [3.05, 3.63) is 92.3 Å². The minimum Gasteiger partial charge on any atom is -0.493 e. The van der Waals surface area contributed by atoms with Crippen molar-refractivity contribution in [1.82, 2.24) is 0 Å². The highest BCUT2D eigenvalue weighted by molar-refractivity contribution is 9.10. The van der Waals surface area contributed by atoms with Crippen LogP contribution in [0.1, 0.15) is 11.1 Å². The number of halogens is 2. The molecule has 1 aliphatic rings. The van der Waals surface area contributed by atoms with Gasteiger partial charge in [0.05, 0.1) is 22.2 Å². The highest BCUT2D eigenvalue weighted by Gasteiger charge is 2.36. The number of imide groups is 1. The van der Waals surface area contributed by atoms with Crippen molar-refractivity contribution in [2.75, 3.05) is 12.0 Å². The van der Waals surface area contributed by atoms with Crippen LogP contribution in [0.3, 0.4) is 0 Å². The normalized spacial score (nSPS) is 14.8. The second kappa shape index (κ2) is 9.81. The van der Waals surface area contributed by atoms with Gasteiger partial charge in [-0.2, -0.15) is 0 Å². The van der Waals surface area contributed by atoms with E-state index in [9.17, 15) is 9.59 Å². The van der Waals surface area contributed by atoms with Gasteiger partial charge in [-0.15, -0.1) is 0 Å². The Balaban J connectivity index is 1.58. The van der Waals surface area contributed by atoms with Crippen LogP contribution >= 0.6 is 39.3 Å². The molecule has 1 fully saturated rings. The van der Waals surface area contributed by atoms with Gasteiger partial charge in [-0.25, -0.2) is 4.90 Å². The summed E-state index contributed by atoms with van der Waals surface area (Å²) in [5.41, 5.74) is 2.20. The molecule has 0 bridgehead atoms. The third-order valence-corrected chi connectivity index (χ3v) is 6.36. The van der Waals surface area contributed by atoms with E-state index in [0.29, 0.717) is 43.8 Å². The molecule has 0 aliphatic carbocycles. The lowest BCUT2D eigenvalue weighted by Gasteiger charge is -2.14. The van der Waals surface area contributed by atoms with Crippen LogP contribution in [0.2, 0.25) is 5.02 Å². The minimum atomic E-state index is -0.387. The first-order valence-corrected chi connectivity index (χ1v) is 11.5. The molecule has 3 aromatic rings. The van der Waals surface area contributed by atoms with Gasteiger partial charge in [-0.1, -0.05) is 41.9 Å². The molecule has 32 heavy (non-hydrogen) atoms. The zero-order valence-electron chi connectivity index (χ0n) is 16.9. The van der Waals surface area contributed by atoms with Gasteiger partial charge in [-0.05, 0) is 81.3 Å². The van der Waals surface area contributed by atoms with E-state index in [2.05, 4.69) is 15.9 Å². The molecule has 1 aliphatic heterocycles. The van der Waals surface area contributed by atoms with Gasteiger partial charge in [-0.3, -0.25) is 9.59 Å². The Bertz CT molecular complexity index is 1200. The molecular formula is C24H17BrClNO4S. The number of benzene rings is 3. The number of hydrogen-bond acceptors (Lipinski definition) is 5. The number of carbonyl (C=O) groups is 2. The van der Waals surface area contributed by atoms with Crippen LogP contribution in [0.4, 0.5) is 10.5 Å². The molecule has 0 spiro atoms. The monoisotopic (exact) mass is 529 g/mol. The molecule has 3 aromatic carbocycles. The van der Waals surface area contributed by atoms with Crippen molar-refractivity contribution in [2.45, 2.75) is 6.61 Å². The minimum absolute atomic E-state index is 0.317. The van der Waals surface area contributed by atoms with Crippen LogP contribution in [0.5, 0.6) is 11.5 Å². The predicted molar refractivity (Wildman–Crippen MR) is 131 cm³/mol. The molecule has 0 unspecified atom stereocenters. The summed E-state index contributed by atoms with van der Waals surface area (Å²) in [6.45, 7) is 0.384. The SMILES string of the molecule is COc1cc(/C=C2/SC(=O)N(c3ccc(Cl)cc3)C2=O)cc(Br)c1OCc1ccccc1. The molecule has 4 rings (SSSR count). The molecule has 1 heterocycles. The molecule has 0 saturated carbocycles. The number of rotatable bonds is 6. The molecule has 1 saturated heterocycles. The van der Waals surface area contributed by atoms with E-state index in [1.54, 1.807) is 43.5 Å². The third kappa shape index (κ3) is 4.85. The molecular weight excluding hydrogens is 514 g/mol. The molecule has 8 heteroatoms. The maximum Gasteiger partial charge on any atom is 0.298 e. The molecule has 5 nitrogen and oxygen atoms in total. The summed E-state index contributed by atoms with van der Waals surface area (Å²) in [4.78, 5) is 26.8. The summed E-state index contributed by atoms with van der Waals surface area (Å²) in [5, 5.41) is 0.167. The number of anilines is 1. The van der Waals surface area contributed by atoms with Gasteiger partial charge >= 0.3 is 0 Å². The summed E-state index contributed by atoms with van der Waals surface area (Å²) >= 11 is 10.3. The number of amides is 2. The van der Waals surface area contributed by atoms with E-state index in [-0.39, 0.29) is 11.1 Å². The van der Waals surface area contributed by atoms with E-state index >= 15 is 0 Å². The van der Waals surface area contributed by atoms with Crippen molar-refractivity contribution in [1.29, 1.82) is 0 Å². The molecule has 162 valence electrons. The van der Waals surface area contributed by atoms with Crippen LogP contribution in [0, 0.1) is 0 Å². The Hall–Kier alpha value is -2.74. The van der Waals surface area contributed by atoms with Crippen molar-refractivity contribution in [2.24, 2.45) is 0 Å². The summed E-state index contributed by atoms with van der Waals surface area (Å²) in [6.07, 6.45) is 1.66. The number of carbonyl (C=O) groups excluding carboxylic acids is 2. The number of methoxy groups -OCH3 is 1. The number of hydrogen-bond donors (Lipinski definition) is 0. The Morgan fingerprint density at radius 3 is 2.47 bits per heavy atom. The van der Waals surface area contributed by atoms with Crippen molar-refractivity contribution >= 4 is 62.2 Å². The van der Waals surface area contributed by atoms with Gasteiger partial charge in [0.15, 0.2) is 11.5 Å². The maximum atomic E-state index is 12.9. The average molecular weight is 531 g/mol. The van der Waals surface area contributed by atoms with Crippen LogP contribution < -0.4 is 14.4 Å². The fourth-order valence-corrected chi connectivity index (χ4v) is 4.67. The maximum absolute atomic E-state index is 12.9. The van der Waals surface area contributed by atoms with Crippen LogP contribution in [0.15, 0.2) is 76.1 Å². The third-order valence-electron chi connectivity index (χ3n) is 4.65. The number of ether oxygens (including phenoxy) is 2. The Kier molecular flexibility index (Phi) is 6.89. The van der Waals surface area contributed by atoms with E-state index in [0.717, 1.165) is 22.2 Å². The second-order valence-electron chi connectivity index (χ2n) is 6.80. The molecule has 2 amide bonds. The van der Waals surface area contributed by atoms with Gasteiger partial charge in [0, 0.05) is 5.02 Å². The second-order valence-corrected chi connectivity index (χ2v) is 9.09. The fraction of sp³-hybridized carbons (Fsp3) is 0.0833. The zero-order valence-corrected chi connectivity index (χ0v) is 20.0. The van der Waals surface area contributed by atoms with Crippen molar-refractivity contribution < 1.29 is 19.1 Å². The molecule has 0 atom stereocenters. The van der Waals surface area contributed by atoms with E-state index in [1.807, 2.05) is 36.4 Å². The molecule has 0 aromatic heterocycles. The average Bonchev–Trinajstić information content (AvgIpc) is 3.06. The molecule has 0 N–H and O–H groups in total. The lowest BCUT2D eigenvalue weighted by molar-refractivity contribution is -0.113. The standard InChI is InChI=1S/C24H17BrClNO4S/c1-30-20-12-16(11-19(25)22(20)31-14-15-5-3-2-4-6-15)13-21-23(28)27(24(29)32-21)18-9-7-17(26)8-10-18/h2-13H,14H2,1H3/b21-13+. The summed E-state index contributed by atoms with van der Waals surface area (Å²) in [6, 6.07) is 19.9. The Morgan fingerprint density at radius 2 is 1.78 bits per heavy atom. The predicted octanol–water partition coefficient (Wildman–Crippen LogP) is 6.93. The summed E-state index contributed by atoms with van der Waals surface area (Å²) in [7, 11) is 1.55. The first-order valence-electron chi connectivity index (χ1n) is 9.54. The number of thioether (sulfide) groups is 1. The molecule has 0 radical (unpaired) electrons. The van der Waals surface area contributed by atoms with E-state index in [4.69, 9.17) is 21.1 Å². The van der Waals surface area contributed by atoms with Crippen molar-refractivity contribution in [3.63, 3.8) is 0 Å². The first-order chi connectivity index (χ1) is 15.5. The lowest BCUT2D eigenvalue weighted by atomic mass is 10.1. The smallest absolute Gasteiger partial charge is 0.298 e. The zero-order chi connectivity index (χ0) is 22.7. The Morgan fingerprint density at radius 1 is 1.06 bits per heavy atom. The summed E-state index contributed by atoms with van der Waals surface area (Å²) in [5.74, 6) is 0.683. The van der Waals surface area contributed by atoms with Gasteiger partial charge in [0.25, 0.3) is 11.1 Å². The van der Waals surface area contributed by atoms with E-state index < -0.39 is 0 Å². The van der Waals surface area contributed by atoms with Gasteiger partial charge < -0.3 is 9.47 Å². The lowest BCUT2D eigenvalue weighted by Crippen LogP contribution is -2.27. The van der Waals surface area contributed by atoms with Gasteiger partial charge in [0.2, 0.25) is 0 Å². The van der Waals surface area contributed by atoms with Crippen LogP contribution in [0.25, 0.3) is 6.08 Å². The quantitative estimate of drug-likeness (QED) is 0.323. The Labute approximate surface area is 203 Å². The van der Waals surface area contributed by atoms with Crippen LogP contribution in [-0.2, 0) is 11.4 Å². The highest BCUT2D eigenvalue weighted by Crippen LogP contribution is 2.40. The number of nitrogens with zero attached hydrogens (tertiary/aromatic N) is 1. The highest BCUT2D eigenvalue weighted by atomic mass is 79.9. The first kappa shape index (κ1) is 22.5. The van der Waals surface area contributed by atoms with Crippen LogP contribution in [-0.4, -0.2) is 18.3 Å². The van der Waals surface area contributed by atoms with Crippen molar-refractivity contribution in [3.8, 4) is 11.5 Å². The van der Waals surface area contributed by atoms with E-state index in [1.165, 1.54) is 0 Å².